The SMILES string of the molecule is CCCC[C@H](NC(=O)[C@H](Cc1ccc(OS(=O)(=O)O)cc1)NC(=O)OC(C)(C)C)C(=O)NCC(=O)N[C@H](Cc1c[nH]c2ccccc12)C(=O)N[C@@H](CCCC)C(=O)N[C@@H](CCCOc1ccccc1)CC(=O)O. The zero-order valence-electron chi connectivity index (χ0n) is 41.9. The van der Waals surface area contributed by atoms with Crippen LogP contribution in [0.2, 0.25) is 0 Å². The van der Waals surface area contributed by atoms with Crippen LogP contribution in [0, 0.1) is 0 Å². The van der Waals surface area contributed by atoms with Gasteiger partial charge in [-0.2, -0.15) is 8.42 Å². The first-order valence-electron chi connectivity index (χ1n) is 24.3. The summed E-state index contributed by atoms with van der Waals surface area (Å²) in [5.41, 5.74) is 0.947. The number of aromatic amines is 1. The van der Waals surface area contributed by atoms with Gasteiger partial charge in [0.25, 0.3) is 0 Å². The maximum absolute atomic E-state index is 14.3. The number of carbonyl (C=O) groups is 7. The number of carboxylic acid groups (broad SMARTS) is 1. The van der Waals surface area contributed by atoms with E-state index in [-0.39, 0.29) is 50.9 Å². The highest BCUT2D eigenvalue weighted by Crippen LogP contribution is 2.20. The van der Waals surface area contributed by atoms with Crippen molar-refractivity contribution in [2.24, 2.45) is 0 Å². The predicted molar refractivity (Wildman–Crippen MR) is 271 cm³/mol. The second kappa shape index (κ2) is 28.7. The Morgan fingerprint density at radius 1 is 0.658 bits per heavy atom. The Kier molecular flexibility index (Phi) is 23.0. The fraction of sp³-hybridized carbons (Fsp3) is 0.471. The predicted octanol–water partition coefficient (Wildman–Crippen LogP) is 4.80. The highest BCUT2D eigenvalue weighted by atomic mass is 32.3. The molecule has 0 bridgehead atoms. The van der Waals surface area contributed by atoms with Crippen molar-refractivity contribution in [2.45, 2.75) is 141 Å². The summed E-state index contributed by atoms with van der Waals surface area (Å²) in [5, 5.41) is 26.5. The molecule has 4 rings (SSSR count). The quantitative estimate of drug-likeness (QED) is 0.0251. The average molecular weight is 1040 g/mol. The van der Waals surface area contributed by atoms with Gasteiger partial charge in [0.05, 0.1) is 19.6 Å². The highest BCUT2D eigenvalue weighted by Gasteiger charge is 2.32. The molecule has 3 aromatic carbocycles. The standard InChI is InChI=1S/C51H69N7O14S/c1-6-8-20-40(56-48(64)42(58-50(66)71-51(3,4)5)28-33-23-25-37(26-24-33)72-73(67,68)69)46(62)53-32-44(59)55-43(29-34-31-52-39-22-14-13-19-38(34)39)49(65)57-41(21-9-7-2)47(63)54-35(30-45(60)61)16-15-27-70-36-17-11-10-12-18-36/h10-14,17-19,22-26,31,35,40-43,52H,6-9,15-16,20-21,27-30,32H2,1-5H3,(H,53,62)(H,54,63)(H,55,59)(H,56,64)(H,57,65)(H,58,66)(H,60,61)(H,67,68,69)/t35-,40-,41-,42-,43+/m0/s1. The van der Waals surface area contributed by atoms with Crippen molar-refractivity contribution >= 4 is 62.9 Å². The lowest BCUT2D eigenvalue weighted by atomic mass is 10.0. The fourth-order valence-corrected chi connectivity index (χ4v) is 7.99. The molecule has 22 heteroatoms. The number of aromatic nitrogens is 1. The van der Waals surface area contributed by atoms with E-state index in [1.54, 1.807) is 39.1 Å². The second-order valence-corrected chi connectivity index (χ2v) is 19.5. The van der Waals surface area contributed by atoms with Gasteiger partial charge in [-0.1, -0.05) is 88.1 Å². The minimum atomic E-state index is -4.80. The molecule has 0 saturated heterocycles. The van der Waals surface area contributed by atoms with Crippen LogP contribution in [0.15, 0.2) is 85.1 Å². The number of aliphatic carboxylic acids is 1. The third kappa shape index (κ3) is 21.6. The summed E-state index contributed by atoms with van der Waals surface area (Å²) in [7, 11) is -4.80. The molecular formula is C51H69N7O14S. The molecule has 21 nitrogen and oxygen atoms in total. The first-order chi connectivity index (χ1) is 34.6. The molecule has 5 atom stereocenters. The van der Waals surface area contributed by atoms with Crippen LogP contribution >= 0.6 is 0 Å². The van der Waals surface area contributed by atoms with Crippen LogP contribution < -0.4 is 40.8 Å². The smallest absolute Gasteiger partial charge is 0.446 e. The molecule has 6 amide bonds. The van der Waals surface area contributed by atoms with Gasteiger partial charge in [-0.25, -0.2) is 4.79 Å². The van der Waals surface area contributed by atoms with Crippen molar-refractivity contribution in [1.82, 2.24) is 36.9 Å². The molecule has 0 spiro atoms. The molecule has 398 valence electrons. The summed E-state index contributed by atoms with van der Waals surface area (Å²) in [6.07, 6.45) is 3.61. The van der Waals surface area contributed by atoms with E-state index in [4.69, 9.17) is 14.0 Å². The Balaban J connectivity index is 1.49. The Morgan fingerprint density at radius 2 is 1.25 bits per heavy atom. The second-order valence-electron chi connectivity index (χ2n) is 18.5. The van der Waals surface area contributed by atoms with Crippen molar-refractivity contribution in [3.63, 3.8) is 0 Å². The highest BCUT2D eigenvalue weighted by molar-refractivity contribution is 7.81. The molecule has 73 heavy (non-hydrogen) atoms. The minimum Gasteiger partial charge on any atom is -0.494 e. The number of nitrogens with one attached hydrogen (secondary N) is 7. The molecule has 0 unspecified atom stereocenters. The van der Waals surface area contributed by atoms with Gasteiger partial charge >= 0.3 is 22.5 Å². The number of unbranched alkanes of at least 4 members (excludes halogenated alkanes) is 2. The van der Waals surface area contributed by atoms with Gasteiger partial charge in [0.1, 0.15) is 41.3 Å². The Bertz CT molecular complexity index is 2570. The number of alkyl carbamates (subject to hydrolysis) is 1. The van der Waals surface area contributed by atoms with E-state index in [0.29, 0.717) is 49.0 Å². The first-order valence-corrected chi connectivity index (χ1v) is 25.7. The summed E-state index contributed by atoms with van der Waals surface area (Å²) < 4.78 is 47.0. The lowest BCUT2D eigenvalue weighted by Crippen LogP contribution is -2.57. The van der Waals surface area contributed by atoms with E-state index in [9.17, 15) is 47.1 Å². The molecule has 1 heterocycles. The Morgan fingerprint density at radius 3 is 1.85 bits per heavy atom. The normalized spacial score (nSPS) is 13.5. The van der Waals surface area contributed by atoms with Gasteiger partial charge in [-0.15, -0.1) is 0 Å². The third-order valence-electron chi connectivity index (χ3n) is 11.2. The van der Waals surface area contributed by atoms with Gasteiger partial charge in [0, 0.05) is 36.0 Å². The van der Waals surface area contributed by atoms with E-state index in [1.165, 1.54) is 24.3 Å². The number of para-hydroxylation sites is 2. The number of hydrogen-bond donors (Lipinski definition) is 9. The van der Waals surface area contributed by atoms with Crippen molar-refractivity contribution in [3.05, 3.63) is 96.2 Å². The number of ether oxygens (including phenoxy) is 2. The largest absolute Gasteiger partial charge is 0.494 e. The summed E-state index contributed by atoms with van der Waals surface area (Å²) in [6, 6.07) is 16.1. The van der Waals surface area contributed by atoms with Gasteiger partial charge in [-0.05, 0) is 87.9 Å². The zero-order valence-corrected chi connectivity index (χ0v) is 42.7. The van der Waals surface area contributed by atoms with Gasteiger partial charge in [0.2, 0.25) is 29.5 Å². The first kappa shape index (κ1) is 58.4. The Labute approximate surface area is 425 Å². The van der Waals surface area contributed by atoms with Gasteiger partial charge < -0.3 is 55.6 Å². The number of H-pyrrole nitrogens is 1. The van der Waals surface area contributed by atoms with Crippen LogP contribution in [0.4, 0.5) is 4.79 Å². The van der Waals surface area contributed by atoms with Crippen LogP contribution in [0.25, 0.3) is 10.9 Å². The van der Waals surface area contributed by atoms with Crippen LogP contribution in [0.1, 0.15) is 104 Å². The molecule has 0 fully saturated rings. The maximum atomic E-state index is 14.3. The van der Waals surface area contributed by atoms with E-state index in [0.717, 1.165) is 10.9 Å². The number of carbonyl (C=O) groups excluding carboxylic acids is 6. The summed E-state index contributed by atoms with van der Waals surface area (Å²) >= 11 is 0. The number of fused-ring (bicyclic) bond motifs is 1. The lowest BCUT2D eigenvalue weighted by Gasteiger charge is -2.26. The molecular weight excluding hydrogens is 967 g/mol. The van der Waals surface area contributed by atoms with E-state index in [1.807, 2.05) is 56.3 Å². The number of rotatable bonds is 30. The summed E-state index contributed by atoms with van der Waals surface area (Å²) in [6.45, 7) is 8.33. The van der Waals surface area contributed by atoms with Gasteiger partial charge in [0.15, 0.2) is 0 Å². The molecule has 0 saturated carbocycles. The molecule has 0 aliphatic heterocycles. The Hall–Kier alpha value is -7.20. The number of hydrogen-bond acceptors (Lipinski definition) is 12. The van der Waals surface area contributed by atoms with E-state index >= 15 is 0 Å². The molecule has 0 radical (unpaired) electrons. The maximum Gasteiger partial charge on any atom is 0.446 e. The zero-order chi connectivity index (χ0) is 53.6. The van der Waals surface area contributed by atoms with Crippen molar-refractivity contribution in [1.29, 1.82) is 0 Å². The molecule has 0 aliphatic rings. The van der Waals surface area contributed by atoms with Crippen molar-refractivity contribution in [3.8, 4) is 11.5 Å². The third-order valence-corrected chi connectivity index (χ3v) is 11.6. The van der Waals surface area contributed by atoms with Gasteiger partial charge in [-0.3, -0.25) is 33.3 Å². The van der Waals surface area contributed by atoms with Crippen molar-refractivity contribution < 1.29 is 65.3 Å². The van der Waals surface area contributed by atoms with Crippen LogP contribution in [-0.2, 0) is 56.7 Å². The number of benzene rings is 3. The number of carboxylic acids is 1. The van der Waals surface area contributed by atoms with E-state index < -0.39 is 94.4 Å². The summed E-state index contributed by atoms with van der Waals surface area (Å²) in [5.74, 6) is -4.26. The molecule has 4 aromatic rings. The fourth-order valence-electron chi connectivity index (χ4n) is 7.64. The average Bonchev–Trinajstić information content (AvgIpc) is 3.73. The lowest BCUT2D eigenvalue weighted by molar-refractivity contribution is -0.138. The number of amides is 6. The van der Waals surface area contributed by atoms with Crippen LogP contribution in [0.5, 0.6) is 11.5 Å². The molecule has 9 N–H and O–H groups in total. The monoisotopic (exact) mass is 1040 g/mol. The topological polar surface area (TPSA) is 310 Å². The molecule has 1 aromatic heterocycles. The molecule has 0 aliphatic carbocycles. The summed E-state index contributed by atoms with van der Waals surface area (Å²) in [4.78, 5) is 97.6. The van der Waals surface area contributed by atoms with Crippen LogP contribution in [0.3, 0.4) is 0 Å². The van der Waals surface area contributed by atoms with Crippen LogP contribution in [-0.4, -0.2) is 114 Å². The minimum absolute atomic E-state index is 0.0296. The van der Waals surface area contributed by atoms with Crippen molar-refractivity contribution in [2.75, 3.05) is 13.2 Å². The van der Waals surface area contributed by atoms with E-state index in [2.05, 4.69) is 41.1 Å².